The highest BCUT2D eigenvalue weighted by Gasteiger charge is 2.06. The lowest BCUT2D eigenvalue weighted by Gasteiger charge is -2.08. The third kappa shape index (κ3) is 5.55. The van der Waals surface area contributed by atoms with Gasteiger partial charge in [0, 0.05) is 10.6 Å². The van der Waals surface area contributed by atoms with Crippen molar-refractivity contribution in [3.63, 3.8) is 0 Å². The van der Waals surface area contributed by atoms with Crippen molar-refractivity contribution in [3.8, 4) is 17.2 Å². The van der Waals surface area contributed by atoms with Crippen LogP contribution in [0.25, 0.3) is 0 Å². The molecule has 0 bridgehead atoms. The molecule has 1 N–H and O–H groups in total. The lowest BCUT2D eigenvalue weighted by atomic mass is 10.2. The second-order valence-corrected chi connectivity index (χ2v) is 5.61. The first-order valence-electron chi connectivity index (χ1n) is 7.15. The van der Waals surface area contributed by atoms with Gasteiger partial charge in [0.15, 0.2) is 6.61 Å². The van der Waals surface area contributed by atoms with Gasteiger partial charge in [-0.3, -0.25) is 4.79 Å². The lowest BCUT2D eigenvalue weighted by Crippen LogP contribution is -2.24. The molecule has 0 radical (unpaired) electrons. The number of methoxy groups -OCH3 is 2. The van der Waals surface area contributed by atoms with Crippen molar-refractivity contribution in [1.29, 1.82) is 0 Å². The number of carbonyl (C=O) groups excluding carboxylic acids is 1. The highest BCUT2D eigenvalue weighted by atomic mass is 35.5. The fourth-order valence-electron chi connectivity index (χ4n) is 1.88. The van der Waals surface area contributed by atoms with Gasteiger partial charge in [0.1, 0.15) is 17.2 Å². The summed E-state index contributed by atoms with van der Waals surface area (Å²) in [7, 11) is 3.10. The Morgan fingerprint density at radius 2 is 1.88 bits per heavy atom. The van der Waals surface area contributed by atoms with Crippen molar-refractivity contribution in [2.24, 2.45) is 5.10 Å². The minimum atomic E-state index is -0.441. The number of hydrogen-bond acceptors (Lipinski definition) is 5. The number of hydrazone groups is 1. The standard InChI is InChI=1S/C17H16Cl2N2O4/c1-23-13-4-6-15(24-2)11(7-13)9-20-21-17(22)10-25-16-5-3-12(18)8-14(16)19/h3-9H,10H2,1-2H3,(H,21,22). The zero-order valence-electron chi connectivity index (χ0n) is 13.6. The first-order valence-corrected chi connectivity index (χ1v) is 7.91. The van der Waals surface area contributed by atoms with E-state index in [9.17, 15) is 4.79 Å². The molecule has 6 nitrogen and oxygen atoms in total. The van der Waals surface area contributed by atoms with Crippen LogP contribution in [0.3, 0.4) is 0 Å². The first kappa shape index (κ1) is 18.9. The molecule has 8 heteroatoms. The van der Waals surface area contributed by atoms with E-state index < -0.39 is 5.91 Å². The molecule has 1 amide bonds. The van der Waals surface area contributed by atoms with Crippen LogP contribution in [0.5, 0.6) is 17.2 Å². The minimum Gasteiger partial charge on any atom is -0.497 e. The Kier molecular flexibility index (Phi) is 6.91. The molecule has 2 aromatic rings. The molecule has 0 heterocycles. The number of rotatable bonds is 7. The largest absolute Gasteiger partial charge is 0.497 e. The molecule has 0 aliphatic heterocycles. The average Bonchev–Trinajstić information content (AvgIpc) is 2.60. The molecule has 2 aromatic carbocycles. The van der Waals surface area contributed by atoms with E-state index in [1.54, 1.807) is 44.6 Å². The van der Waals surface area contributed by atoms with Crippen LogP contribution in [0.15, 0.2) is 41.5 Å². The molecular weight excluding hydrogens is 367 g/mol. The number of carbonyl (C=O) groups is 1. The van der Waals surface area contributed by atoms with Crippen LogP contribution in [-0.4, -0.2) is 32.9 Å². The predicted molar refractivity (Wildman–Crippen MR) is 97.2 cm³/mol. The van der Waals surface area contributed by atoms with Gasteiger partial charge in [-0.15, -0.1) is 0 Å². The summed E-state index contributed by atoms with van der Waals surface area (Å²) in [6, 6.07) is 9.98. The molecule has 2 rings (SSSR count). The van der Waals surface area contributed by atoms with Gasteiger partial charge in [0.25, 0.3) is 5.91 Å². The Bertz CT molecular complexity index is 781. The highest BCUT2D eigenvalue weighted by Crippen LogP contribution is 2.27. The van der Waals surface area contributed by atoms with Crippen molar-refractivity contribution in [3.05, 3.63) is 52.0 Å². The van der Waals surface area contributed by atoms with E-state index in [1.807, 2.05) is 0 Å². The molecule has 0 spiro atoms. The molecule has 0 unspecified atom stereocenters. The zero-order valence-corrected chi connectivity index (χ0v) is 15.1. The van der Waals surface area contributed by atoms with Crippen molar-refractivity contribution < 1.29 is 19.0 Å². The topological polar surface area (TPSA) is 69.2 Å². The predicted octanol–water partition coefficient (Wildman–Crippen LogP) is 3.54. The number of benzene rings is 2. The molecule has 0 saturated carbocycles. The molecular formula is C17H16Cl2N2O4. The van der Waals surface area contributed by atoms with Gasteiger partial charge in [0.05, 0.1) is 25.5 Å². The second-order valence-electron chi connectivity index (χ2n) is 4.76. The zero-order chi connectivity index (χ0) is 18.2. The van der Waals surface area contributed by atoms with Gasteiger partial charge in [-0.25, -0.2) is 5.43 Å². The molecule has 0 fully saturated rings. The summed E-state index contributed by atoms with van der Waals surface area (Å²) in [5.41, 5.74) is 3.02. The minimum absolute atomic E-state index is 0.242. The van der Waals surface area contributed by atoms with Crippen LogP contribution in [0.4, 0.5) is 0 Å². The smallest absolute Gasteiger partial charge is 0.277 e. The molecule has 0 aliphatic rings. The van der Waals surface area contributed by atoms with E-state index in [1.165, 1.54) is 12.3 Å². The van der Waals surface area contributed by atoms with E-state index >= 15 is 0 Å². The van der Waals surface area contributed by atoms with E-state index in [0.29, 0.717) is 32.9 Å². The number of nitrogens with zero attached hydrogens (tertiary/aromatic N) is 1. The normalized spacial score (nSPS) is 10.6. The monoisotopic (exact) mass is 382 g/mol. The maximum atomic E-state index is 11.8. The van der Waals surface area contributed by atoms with Gasteiger partial charge >= 0.3 is 0 Å². The van der Waals surface area contributed by atoms with Gasteiger partial charge in [-0.1, -0.05) is 23.2 Å². The van der Waals surface area contributed by atoms with Crippen LogP contribution in [0.2, 0.25) is 10.0 Å². The summed E-state index contributed by atoms with van der Waals surface area (Å²) in [5, 5.41) is 4.69. The third-order valence-electron chi connectivity index (χ3n) is 3.08. The molecule has 0 aliphatic carbocycles. The average molecular weight is 383 g/mol. The Hall–Kier alpha value is -2.44. The number of halogens is 2. The lowest BCUT2D eigenvalue weighted by molar-refractivity contribution is -0.123. The van der Waals surface area contributed by atoms with Gasteiger partial charge in [0.2, 0.25) is 0 Å². The fraction of sp³-hybridized carbons (Fsp3) is 0.176. The van der Waals surface area contributed by atoms with Crippen LogP contribution in [-0.2, 0) is 4.79 Å². The van der Waals surface area contributed by atoms with Crippen molar-refractivity contribution in [1.82, 2.24) is 5.43 Å². The molecule has 0 saturated heterocycles. The first-order chi connectivity index (χ1) is 12.0. The van der Waals surface area contributed by atoms with Crippen LogP contribution >= 0.6 is 23.2 Å². The van der Waals surface area contributed by atoms with E-state index in [2.05, 4.69) is 10.5 Å². The number of amides is 1. The van der Waals surface area contributed by atoms with E-state index in [-0.39, 0.29) is 6.61 Å². The number of hydrogen-bond donors (Lipinski definition) is 1. The third-order valence-corrected chi connectivity index (χ3v) is 3.61. The van der Waals surface area contributed by atoms with Crippen molar-refractivity contribution in [2.45, 2.75) is 0 Å². The summed E-state index contributed by atoms with van der Waals surface area (Å²) >= 11 is 11.8. The van der Waals surface area contributed by atoms with Crippen molar-refractivity contribution >= 4 is 35.3 Å². The van der Waals surface area contributed by atoms with Crippen molar-refractivity contribution in [2.75, 3.05) is 20.8 Å². The summed E-state index contributed by atoms with van der Waals surface area (Å²) < 4.78 is 15.7. The maximum absolute atomic E-state index is 11.8. The Balaban J connectivity index is 1.92. The number of nitrogens with one attached hydrogen (secondary N) is 1. The SMILES string of the molecule is COc1ccc(OC)c(C=NNC(=O)COc2ccc(Cl)cc2Cl)c1. The number of ether oxygens (including phenoxy) is 3. The quantitative estimate of drug-likeness (QED) is 0.587. The van der Waals surface area contributed by atoms with E-state index in [0.717, 1.165) is 0 Å². The van der Waals surface area contributed by atoms with Gasteiger partial charge in [-0.2, -0.15) is 5.10 Å². The summed E-state index contributed by atoms with van der Waals surface area (Å²) in [6.45, 7) is -0.242. The molecule has 132 valence electrons. The Morgan fingerprint density at radius 1 is 1.12 bits per heavy atom. The second kappa shape index (κ2) is 9.15. The van der Waals surface area contributed by atoms with Crippen LogP contribution in [0, 0.1) is 0 Å². The van der Waals surface area contributed by atoms with Crippen LogP contribution in [0.1, 0.15) is 5.56 Å². The molecule has 0 atom stereocenters. The van der Waals surface area contributed by atoms with E-state index in [4.69, 9.17) is 37.4 Å². The fourth-order valence-corrected chi connectivity index (χ4v) is 2.34. The van der Waals surface area contributed by atoms with Gasteiger partial charge in [-0.05, 0) is 36.4 Å². The Morgan fingerprint density at radius 3 is 2.56 bits per heavy atom. The van der Waals surface area contributed by atoms with Crippen LogP contribution < -0.4 is 19.6 Å². The summed E-state index contributed by atoms with van der Waals surface area (Å²) in [5.74, 6) is 1.17. The summed E-state index contributed by atoms with van der Waals surface area (Å²) in [6.07, 6.45) is 1.45. The molecule has 25 heavy (non-hydrogen) atoms. The van der Waals surface area contributed by atoms with Gasteiger partial charge < -0.3 is 14.2 Å². The highest BCUT2D eigenvalue weighted by molar-refractivity contribution is 6.35. The Labute approximate surface area is 155 Å². The maximum Gasteiger partial charge on any atom is 0.277 e. The summed E-state index contributed by atoms with van der Waals surface area (Å²) in [4.78, 5) is 11.8. The molecule has 0 aromatic heterocycles.